The summed E-state index contributed by atoms with van der Waals surface area (Å²) in [5.74, 6) is 0.781. The molecule has 0 spiro atoms. The number of urea groups is 1. The van der Waals surface area contributed by atoms with E-state index in [1.54, 1.807) is 11.9 Å². The van der Waals surface area contributed by atoms with E-state index in [-0.39, 0.29) is 6.03 Å². The molecule has 1 saturated carbocycles. The van der Waals surface area contributed by atoms with Crippen molar-refractivity contribution in [2.75, 3.05) is 7.05 Å². The van der Waals surface area contributed by atoms with Gasteiger partial charge in [-0.2, -0.15) is 0 Å². The van der Waals surface area contributed by atoms with E-state index in [4.69, 9.17) is 4.42 Å². The Morgan fingerprint density at radius 3 is 2.78 bits per heavy atom. The maximum Gasteiger partial charge on any atom is 0.317 e. The molecule has 0 saturated heterocycles. The van der Waals surface area contributed by atoms with Crippen LogP contribution in [0.1, 0.15) is 37.9 Å². The number of nitrogens with one attached hydrogen (secondary N) is 1. The molecule has 1 fully saturated rings. The van der Waals surface area contributed by atoms with Crippen LogP contribution in [0.4, 0.5) is 4.79 Å². The Balaban J connectivity index is 1.80. The molecule has 0 radical (unpaired) electrons. The van der Waals surface area contributed by atoms with Gasteiger partial charge in [-0.15, -0.1) is 0 Å². The van der Waals surface area contributed by atoms with Crippen molar-refractivity contribution in [2.45, 2.75) is 44.7 Å². The third-order valence-electron chi connectivity index (χ3n) is 3.30. The summed E-state index contributed by atoms with van der Waals surface area (Å²) in [5.41, 5.74) is 0. The zero-order valence-corrected chi connectivity index (χ0v) is 12.2. The highest BCUT2D eigenvalue weighted by atomic mass is 79.9. The van der Waals surface area contributed by atoms with Gasteiger partial charge in [0, 0.05) is 13.1 Å². The normalized spacial score (nSPS) is 16.6. The lowest BCUT2D eigenvalue weighted by atomic mass is 9.96. The van der Waals surface area contributed by atoms with E-state index in [1.807, 2.05) is 12.1 Å². The fraction of sp³-hybridized carbons (Fsp3) is 0.615. The van der Waals surface area contributed by atoms with Crippen LogP contribution in [0, 0.1) is 0 Å². The van der Waals surface area contributed by atoms with Gasteiger partial charge >= 0.3 is 6.03 Å². The first-order valence-electron chi connectivity index (χ1n) is 6.41. The van der Waals surface area contributed by atoms with Crippen molar-refractivity contribution in [3.05, 3.63) is 22.6 Å². The van der Waals surface area contributed by atoms with Crippen molar-refractivity contribution in [1.29, 1.82) is 0 Å². The Hall–Kier alpha value is -0.970. The van der Waals surface area contributed by atoms with Crippen molar-refractivity contribution < 1.29 is 9.21 Å². The number of amides is 2. The van der Waals surface area contributed by atoms with E-state index in [9.17, 15) is 4.79 Å². The van der Waals surface area contributed by atoms with Crippen molar-refractivity contribution in [1.82, 2.24) is 10.2 Å². The van der Waals surface area contributed by atoms with Crippen LogP contribution < -0.4 is 5.32 Å². The van der Waals surface area contributed by atoms with Gasteiger partial charge in [-0.05, 0) is 40.9 Å². The maximum absolute atomic E-state index is 12.0. The summed E-state index contributed by atoms with van der Waals surface area (Å²) in [7, 11) is 1.79. The van der Waals surface area contributed by atoms with E-state index in [0.717, 1.165) is 18.6 Å². The monoisotopic (exact) mass is 314 g/mol. The molecule has 0 aliphatic heterocycles. The number of nitrogens with zero attached hydrogens (tertiary/aromatic N) is 1. The maximum atomic E-state index is 12.0. The summed E-state index contributed by atoms with van der Waals surface area (Å²) < 4.78 is 6.08. The molecule has 2 rings (SSSR count). The number of carbonyl (C=O) groups is 1. The Morgan fingerprint density at radius 1 is 1.44 bits per heavy atom. The van der Waals surface area contributed by atoms with Crippen LogP contribution >= 0.6 is 15.9 Å². The average Bonchev–Trinajstić information content (AvgIpc) is 2.76. The largest absolute Gasteiger partial charge is 0.452 e. The van der Waals surface area contributed by atoms with Crippen molar-refractivity contribution >= 4 is 22.0 Å². The number of halogens is 1. The minimum atomic E-state index is -0.0191. The van der Waals surface area contributed by atoms with Crippen LogP contribution in [-0.4, -0.2) is 24.0 Å². The van der Waals surface area contributed by atoms with Crippen LogP contribution in [0.25, 0.3) is 0 Å². The molecule has 0 aromatic carbocycles. The van der Waals surface area contributed by atoms with Crippen molar-refractivity contribution in [3.63, 3.8) is 0 Å². The molecule has 1 aromatic heterocycles. The van der Waals surface area contributed by atoms with Crippen LogP contribution in [0.5, 0.6) is 0 Å². The number of hydrogen-bond donors (Lipinski definition) is 1. The first kappa shape index (κ1) is 13.5. The predicted molar refractivity (Wildman–Crippen MR) is 73.3 cm³/mol. The van der Waals surface area contributed by atoms with Gasteiger partial charge < -0.3 is 14.6 Å². The molecular formula is C13H19BrN2O2. The molecule has 0 bridgehead atoms. The van der Waals surface area contributed by atoms with Crippen LogP contribution in [-0.2, 0) is 6.54 Å². The molecule has 1 aliphatic carbocycles. The predicted octanol–water partition coefficient (Wildman–Crippen LogP) is 3.52. The minimum Gasteiger partial charge on any atom is -0.452 e. The summed E-state index contributed by atoms with van der Waals surface area (Å²) in [6.07, 6.45) is 5.94. The molecule has 1 heterocycles. The van der Waals surface area contributed by atoms with Crippen LogP contribution in [0.15, 0.2) is 21.2 Å². The standard InChI is InChI=1S/C13H19BrN2O2/c1-16(9-11-7-8-12(14)18-11)13(17)15-10-5-3-2-4-6-10/h7-8,10H,2-6,9H2,1H3,(H,15,17). The fourth-order valence-corrected chi connectivity index (χ4v) is 2.61. The highest BCUT2D eigenvalue weighted by Crippen LogP contribution is 2.18. The Morgan fingerprint density at radius 2 is 2.17 bits per heavy atom. The highest BCUT2D eigenvalue weighted by molar-refractivity contribution is 9.10. The lowest BCUT2D eigenvalue weighted by Gasteiger charge is -2.25. The van der Waals surface area contributed by atoms with Crippen molar-refractivity contribution in [2.24, 2.45) is 0 Å². The van der Waals surface area contributed by atoms with Gasteiger partial charge in [0.05, 0.1) is 6.54 Å². The lowest BCUT2D eigenvalue weighted by molar-refractivity contribution is 0.195. The first-order chi connectivity index (χ1) is 8.65. The van der Waals surface area contributed by atoms with E-state index >= 15 is 0 Å². The van der Waals surface area contributed by atoms with Gasteiger partial charge in [0.2, 0.25) is 0 Å². The molecule has 0 atom stereocenters. The number of furan rings is 1. The van der Waals surface area contributed by atoms with E-state index in [1.165, 1.54) is 19.3 Å². The summed E-state index contributed by atoms with van der Waals surface area (Å²) in [6.45, 7) is 0.490. The molecule has 0 unspecified atom stereocenters. The van der Waals surface area contributed by atoms with E-state index in [2.05, 4.69) is 21.2 Å². The molecule has 1 aromatic rings. The van der Waals surface area contributed by atoms with Gasteiger partial charge in [0.1, 0.15) is 5.76 Å². The first-order valence-corrected chi connectivity index (χ1v) is 7.20. The second-order valence-corrected chi connectivity index (χ2v) is 5.63. The van der Waals surface area contributed by atoms with E-state index < -0.39 is 0 Å². The van der Waals surface area contributed by atoms with Crippen molar-refractivity contribution in [3.8, 4) is 0 Å². The molecule has 1 aliphatic rings. The van der Waals surface area contributed by atoms with Gasteiger partial charge in [-0.25, -0.2) is 4.79 Å². The van der Waals surface area contributed by atoms with Gasteiger partial charge in [0.15, 0.2) is 4.67 Å². The summed E-state index contributed by atoms with van der Waals surface area (Å²) in [6, 6.07) is 4.03. The molecule has 100 valence electrons. The molecule has 2 amide bonds. The van der Waals surface area contributed by atoms with Crippen LogP contribution in [0.2, 0.25) is 0 Å². The number of carbonyl (C=O) groups excluding carboxylic acids is 1. The topological polar surface area (TPSA) is 45.5 Å². The fourth-order valence-electron chi connectivity index (χ4n) is 2.27. The summed E-state index contributed by atoms with van der Waals surface area (Å²) in [5, 5.41) is 3.08. The average molecular weight is 315 g/mol. The van der Waals surface area contributed by atoms with Gasteiger partial charge in [0.25, 0.3) is 0 Å². The summed E-state index contributed by atoms with van der Waals surface area (Å²) in [4.78, 5) is 13.6. The highest BCUT2D eigenvalue weighted by Gasteiger charge is 2.18. The SMILES string of the molecule is CN(Cc1ccc(Br)o1)C(=O)NC1CCCCC1. The smallest absolute Gasteiger partial charge is 0.317 e. The van der Waals surface area contributed by atoms with E-state index in [0.29, 0.717) is 17.3 Å². The molecule has 5 heteroatoms. The Kier molecular flexibility index (Phi) is 4.69. The van der Waals surface area contributed by atoms with Crippen LogP contribution in [0.3, 0.4) is 0 Å². The Bertz CT molecular complexity index is 399. The zero-order valence-electron chi connectivity index (χ0n) is 10.6. The van der Waals surface area contributed by atoms with Gasteiger partial charge in [-0.3, -0.25) is 0 Å². The lowest BCUT2D eigenvalue weighted by Crippen LogP contribution is -2.43. The van der Waals surface area contributed by atoms with Gasteiger partial charge in [-0.1, -0.05) is 19.3 Å². The molecule has 1 N–H and O–H groups in total. The second kappa shape index (κ2) is 6.27. The summed E-state index contributed by atoms with van der Waals surface area (Å²) >= 11 is 3.25. The molecule has 18 heavy (non-hydrogen) atoms. The number of rotatable bonds is 3. The number of hydrogen-bond acceptors (Lipinski definition) is 2. The zero-order chi connectivity index (χ0) is 13.0. The second-order valence-electron chi connectivity index (χ2n) is 4.85. The Labute approximate surface area is 116 Å². The third kappa shape index (κ3) is 3.77. The third-order valence-corrected chi connectivity index (χ3v) is 3.73. The molecular weight excluding hydrogens is 296 g/mol. The quantitative estimate of drug-likeness (QED) is 0.927. The minimum absolute atomic E-state index is 0.0191. The molecule has 4 nitrogen and oxygen atoms in total.